The summed E-state index contributed by atoms with van der Waals surface area (Å²) in [7, 11) is 1.57. The molecule has 0 aliphatic rings. The number of methoxy groups -OCH3 is 1. The Hall–Kier alpha value is -2.28. The molecular weight excluding hydrogens is 218 g/mol. The van der Waals surface area contributed by atoms with Crippen LogP contribution in [0.4, 0.5) is 0 Å². The third-order valence-electron chi connectivity index (χ3n) is 2.19. The van der Waals surface area contributed by atoms with Crippen LogP contribution in [0.15, 0.2) is 36.9 Å². The Morgan fingerprint density at radius 1 is 1.53 bits per heavy atom. The number of rotatable bonds is 5. The van der Waals surface area contributed by atoms with Crippen LogP contribution in [0, 0.1) is 11.3 Å². The van der Waals surface area contributed by atoms with E-state index in [1.54, 1.807) is 31.4 Å². The van der Waals surface area contributed by atoms with Gasteiger partial charge in [0.1, 0.15) is 11.9 Å². The highest BCUT2D eigenvalue weighted by Crippen LogP contribution is 2.23. The van der Waals surface area contributed by atoms with Crippen molar-refractivity contribution in [2.75, 3.05) is 7.11 Å². The molecule has 1 aromatic rings. The van der Waals surface area contributed by atoms with Gasteiger partial charge in [0.25, 0.3) is 0 Å². The normalized spacial score (nSPS) is 11.1. The predicted molar refractivity (Wildman–Crippen MR) is 62.3 cm³/mol. The number of carbonyl (C=O) groups excluding carboxylic acids is 1. The molecule has 4 heteroatoms. The lowest BCUT2D eigenvalue weighted by Gasteiger charge is -2.14. The van der Waals surface area contributed by atoms with Gasteiger partial charge < -0.3 is 9.47 Å². The van der Waals surface area contributed by atoms with Crippen molar-refractivity contribution in [1.29, 1.82) is 5.26 Å². The van der Waals surface area contributed by atoms with E-state index in [0.29, 0.717) is 5.75 Å². The Balaban J connectivity index is 2.85. The summed E-state index contributed by atoms with van der Waals surface area (Å²) in [6.45, 7) is 3.32. The molecule has 0 aliphatic carbocycles. The molecule has 4 nitrogen and oxygen atoms in total. The summed E-state index contributed by atoms with van der Waals surface area (Å²) in [4.78, 5) is 11.1. The molecule has 1 rings (SSSR count). The zero-order chi connectivity index (χ0) is 12.7. The molecule has 1 atom stereocenters. The van der Waals surface area contributed by atoms with Crippen LogP contribution >= 0.6 is 0 Å². The summed E-state index contributed by atoms with van der Waals surface area (Å²) in [5.74, 6) is 0.167. The smallest absolute Gasteiger partial charge is 0.330 e. The molecule has 0 N–H and O–H groups in total. The maximum absolute atomic E-state index is 11.1. The molecule has 0 amide bonds. The molecule has 0 aliphatic heterocycles. The SMILES string of the molecule is C=CC(=O)OC(CC#N)c1ccc(OC)cc1. The third-order valence-corrected chi connectivity index (χ3v) is 2.19. The largest absolute Gasteiger partial charge is 0.497 e. The molecule has 1 unspecified atom stereocenters. The van der Waals surface area contributed by atoms with E-state index in [2.05, 4.69) is 6.58 Å². The van der Waals surface area contributed by atoms with Crippen molar-refractivity contribution >= 4 is 5.97 Å². The summed E-state index contributed by atoms with van der Waals surface area (Å²) in [6.07, 6.45) is 0.608. The van der Waals surface area contributed by atoms with Crippen LogP contribution in [0.2, 0.25) is 0 Å². The molecule has 0 saturated carbocycles. The molecule has 0 aromatic heterocycles. The summed E-state index contributed by atoms with van der Waals surface area (Å²) in [5.41, 5.74) is 0.752. The van der Waals surface area contributed by atoms with Crippen LogP contribution < -0.4 is 4.74 Å². The zero-order valence-corrected chi connectivity index (χ0v) is 9.55. The van der Waals surface area contributed by atoms with Crippen LogP contribution in [0.25, 0.3) is 0 Å². The molecule has 0 heterocycles. The molecule has 1 aromatic carbocycles. The Kier molecular flexibility index (Phi) is 4.77. The summed E-state index contributed by atoms with van der Waals surface area (Å²) in [5, 5.41) is 8.69. The molecule has 0 radical (unpaired) electrons. The van der Waals surface area contributed by atoms with E-state index in [1.807, 2.05) is 6.07 Å². The van der Waals surface area contributed by atoms with Gasteiger partial charge in [0.05, 0.1) is 19.6 Å². The van der Waals surface area contributed by atoms with E-state index >= 15 is 0 Å². The summed E-state index contributed by atoms with van der Waals surface area (Å²) < 4.78 is 10.1. The van der Waals surface area contributed by atoms with Crippen molar-refractivity contribution in [3.05, 3.63) is 42.5 Å². The van der Waals surface area contributed by atoms with Crippen LogP contribution in [-0.2, 0) is 9.53 Å². The Morgan fingerprint density at radius 3 is 2.65 bits per heavy atom. The lowest BCUT2D eigenvalue weighted by molar-refractivity contribution is -0.143. The van der Waals surface area contributed by atoms with Crippen molar-refractivity contribution < 1.29 is 14.3 Å². The van der Waals surface area contributed by atoms with E-state index in [9.17, 15) is 4.79 Å². The van der Waals surface area contributed by atoms with Crippen LogP contribution in [0.5, 0.6) is 5.75 Å². The van der Waals surface area contributed by atoms with Gasteiger partial charge in [-0.25, -0.2) is 4.79 Å². The number of nitriles is 1. The van der Waals surface area contributed by atoms with Gasteiger partial charge in [-0.2, -0.15) is 5.26 Å². The van der Waals surface area contributed by atoms with Crippen LogP contribution in [0.3, 0.4) is 0 Å². The van der Waals surface area contributed by atoms with Crippen molar-refractivity contribution in [2.45, 2.75) is 12.5 Å². The van der Waals surface area contributed by atoms with Gasteiger partial charge in [0, 0.05) is 6.08 Å². The molecular formula is C13H13NO3. The number of ether oxygens (including phenoxy) is 2. The topological polar surface area (TPSA) is 59.3 Å². The van der Waals surface area contributed by atoms with Crippen LogP contribution in [-0.4, -0.2) is 13.1 Å². The fourth-order valence-corrected chi connectivity index (χ4v) is 1.32. The third kappa shape index (κ3) is 3.65. The van der Waals surface area contributed by atoms with Crippen molar-refractivity contribution in [2.24, 2.45) is 0 Å². The maximum atomic E-state index is 11.1. The van der Waals surface area contributed by atoms with Crippen LogP contribution in [0.1, 0.15) is 18.1 Å². The second-order valence-corrected chi connectivity index (χ2v) is 3.27. The standard InChI is InChI=1S/C13H13NO3/c1-3-13(15)17-12(8-9-14)10-4-6-11(16-2)7-5-10/h3-7,12H,1,8H2,2H3. The summed E-state index contributed by atoms with van der Waals surface area (Å²) in [6, 6.07) is 9.01. The number of hydrogen-bond acceptors (Lipinski definition) is 4. The highest BCUT2D eigenvalue weighted by Gasteiger charge is 2.14. The summed E-state index contributed by atoms with van der Waals surface area (Å²) >= 11 is 0. The van der Waals surface area contributed by atoms with Crippen molar-refractivity contribution in [3.8, 4) is 11.8 Å². The number of benzene rings is 1. The first-order chi connectivity index (χ1) is 8.21. The van der Waals surface area contributed by atoms with E-state index in [1.165, 1.54) is 0 Å². The Labute approximate surface area is 100 Å². The number of carbonyl (C=O) groups is 1. The fraction of sp³-hybridized carbons (Fsp3) is 0.231. The van der Waals surface area contributed by atoms with Gasteiger partial charge >= 0.3 is 5.97 Å². The molecule has 17 heavy (non-hydrogen) atoms. The molecule has 88 valence electrons. The minimum Gasteiger partial charge on any atom is -0.497 e. The quantitative estimate of drug-likeness (QED) is 0.576. The minimum absolute atomic E-state index is 0.103. The van der Waals surface area contributed by atoms with Gasteiger partial charge in [-0.05, 0) is 17.7 Å². The van der Waals surface area contributed by atoms with Gasteiger partial charge in [0.15, 0.2) is 0 Å². The first-order valence-electron chi connectivity index (χ1n) is 5.05. The number of esters is 1. The first kappa shape index (κ1) is 12.8. The Morgan fingerprint density at radius 2 is 2.18 bits per heavy atom. The molecule has 0 fully saturated rings. The number of hydrogen-bond donors (Lipinski definition) is 0. The van der Waals surface area contributed by atoms with Gasteiger partial charge in [0.2, 0.25) is 0 Å². The second-order valence-electron chi connectivity index (χ2n) is 3.27. The van der Waals surface area contributed by atoms with Crippen molar-refractivity contribution in [3.63, 3.8) is 0 Å². The van der Waals surface area contributed by atoms with E-state index in [4.69, 9.17) is 14.7 Å². The lowest BCUT2D eigenvalue weighted by atomic mass is 10.1. The number of nitrogens with zero attached hydrogens (tertiary/aromatic N) is 1. The first-order valence-corrected chi connectivity index (χ1v) is 5.05. The fourth-order valence-electron chi connectivity index (χ4n) is 1.32. The van der Waals surface area contributed by atoms with Crippen molar-refractivity contribution in [1.82, 2.24) is 0 Å². The zero-order valence-electron chi connectivity index (χ0n) is 9.55. The van der Waals surface area contributed by atoms with E-state index in [-0.39, 0.29) is 6.42 Å². The van der Waals surface area contributed by atoms with E-state index < -0.39 is 12.1 Å². The maximum Gasteiger partial charge on any atom is 0.330 e. The highest BCUT2D eigenvalue weighted by molar-refractivity contribution is 5.81. The Bertz CT molecular complexity index is 431. The molecule has 0 spiro atoms. The highest BCUT2D eigenvalue weighted by atomic mass is 16.5. The van der Waals surface area contributed by atoms with E-state index in [0.717, 1.165) is 11.6 Å². The second kappa shape index (κ2) is 6.33. The lowest BCUT2D eigenvalue weighted by Crippen LogP contribution is -2.08. The van der Waals surface area contributed by atoms with Gasteiger partial charge in [-0.1, -0.05) is 18.7 Å². The average Bonchev–Trinajstić information content (AvgIpc) is 2.38. The molecule has 0 saturated heterocycles. The monoisotopic (exact) mass is 231 g/mol. The van der Waals surface area contributed by atoms with Gasteiger partial charge in [-0.3, -0.25) is 0 Å². The molecule has 0 bridgehead atoms. The van der Waals surface area contributed by atoms with Gasteiger partial charge in [-0.15, -0.1) is 0 Å². The minimum atomic E-state index is -0.573. The predicted octanol–water partition coefficient (Wildman–Crippen LogP) is 2.38. The average molecular weight is 231 g/mol.